The van der Waals surface area contributed by atoms with E-state index in [1.807, 2.05) is 24.3 Å². The van der Waals surface area contributed by atoms with Crippen LogP contribution in [0, 0.1) is 0 Å². The zero-order valence-electron chi connectivity index (χ0n) is 14.2. The number of rotatable bonds is 7. The Hall–Kier alpha value is -2.26. The fourth-order valence-corrected chi connectivity index (χ4v) is 3.47. The Morgan fingerprint density at radius 3 is 2.28 bits per heavy atom. The number of hydrogen-bond donors (Lipinski definition) is 0. The largest absolute Gasteiger partial charge is 0.448 e. The fourth-order valence-electron chi connectivity index (χ4n) is 3.35. The number of carbonyl (C=O) groups excluding carboxylic acids is 1. The molecule has 130 valence electrons. The zero-order valence-corrected chi connectivity index (χ0v) is 14.9. The number of ether oxygens (including phenoxy) is 1. The van der Waals surface area contributed by atoms with E-state index in [1.165, 1.54) is 22.3 Å². The molecule has 0 aliphatic heterocycles. The third kappa shape index (κ3) is 3.72. The van der Waals surface area contributed by atoms with Crippen LogP contribution >= 0.6 is 11.6 Å². The van der Waals surface area contributed by atoms with Gasteiger partial charge in [0.1, 0.15) is 6.61 Å². The molecule has 1 amide bonds. The van der Waals surface area contributed by atoms with Crippen molar-refractivity contribution in [2.75, 3.05) is 25.6 Å². The summed E-state index contributed by atoms with van der Waals surface area (Å²) in [5.74, 6) is 0.597. The van der Waals surface area contributed by atoms with Crippen LogP contribution in [0.2, 0.25) is 0 Å². The second-order valence-corrected chi connectivity index (χ2v) is 6.46. The summed E-state index contributed by atoms with van der Waals surface area (Å²) in [6.07, 6.45) is 2.13. The van der Waals surface area contributed by atoms with E-state index in [-0.39, 0.29) is 12.0 Å². The molecule has 1 aliphatic rings. The second-order valence-electron chi connectivity index (χ2n) is 6.08. The molecule has 2 aromatic carbocycles. The second kappa shape index (κ2) is 8.21. The van der Waals surface area contributed by atoms with E-state index in [1.54, 1.807) is 11.0 Å². The highest BCUT2D eigenvalue weighted by Gasteiger charge is 2.29. The maximum Gasteiger partial charge on any atom is 0.410 e. The van der Waals surface area contributed by atoms with Gasteiger partial charge >= 0.3 is 6.09 Å². The van der Waals surface area contributed by atoms with Crippen LogP contribution in [0.3, 0.4) is 0 Å². The third-order valence-electron chi connectivity index (χ3n) is 4.51. The van der Waals surface area contributed by atoms with Gasteiger partial charge in [-0.25, -0.2) is 4.79 Å². The average Bonchev–Trinajstić information content (AvgIpc) is 2.97. The lowest BCUT2D eigenvalue weighted by atomic mass is 9.98. The molecule has 0 atom stereocenters. The first-order valence-corrected chi connectivity index (χ1v) is 9.06. The van der Waals surface area contributed by atoms with E-state index in [4.69, 9.17) is 16.3 Å². The molecule has 0 bridgehead atoms. The molecule has 1 aliphatic carbocycles. The van der Waals surface area contributed by atoms with E-state index < -0.39 is 0 Å². The first-order valence-electron chi connectivity index (χ1n) is 8.53. The van der Waals surface area contributed by atoms with Crippen LogP contribution in [0.4, 0.5) is 4.79 Å². The molecule has 0 saturated heterocycles. The summed E-state index contributed by atoms with van der Waals surface area (Å²) in [6, 6.07) is 16.6. The SMILES string of the molecule is C=CCN(CCCCl)C(=O)OCC1c2ccccc2-c2ccccc21. The van der Waals surface area contributed by atoms with Crippen LogP contribution in [-0.2, 0) is 4.74 Å². The summed E-state index contributed by atoms with van der Waals surface area (Å²) >= 11 is 5.74. The molecule has 4 heteroatoms. The van der Waals surface area contributed by atoms with Crippen molar-refractivity contribution in [2.24, 2.45) is 0 Å². The van der Waals surface area contributed by atoms with Crippen molar-refractivity contribution in [3.05, 3.63) is 72.3 Å². The van der Waals surface area contributed by atoms with E-state index in [0.29, 0.717) is 25.6 Å². The summed E-state index contributed by atoms with van der Waals surface area (Å²) in [6.45, 7) is 5.08. The van der Waals surface area contributed by atoms with E-state index >= 15 is 0 Å². The summed E-state index contributed by atoms with van der Waals surface area (Å²) in [7, 11) is 0. The van der Waals surface area contributed by atoms with Gasteiger partial charge in [-0.1, -0.05) is 54.6 Å². The highest BCUT2D eigenvalue weighted by atomic mass is 35.5. The Labute approximate surface area is 153 Å². The number of hydrogen-bond acceptors (Lipinski definition) is 2. The quantitative estimate of drug-likeness (QED) is 0.513. The molecule has 0 fully saturated rings. The maximum absolute atomic E-state index is 12.4. The predicted molar refractivity (Wildman–Crippen MR) is 102 cm³/mol. The summed E-state index contributed by atoms with van der Waals surface area (Å²) in [4.78, 5) is 14.1. The number of alkyl halides is 1. The van der Waals surface area contributed by atoms with Gasteiger partial charge in [-0.3, -0.25) is 0 Å². The number of fused-ring (bicyclic) bond motifs is 3. The molecule has 3 rings (SSSR count). The fraction of sp³-hybridized carbons (Fsp3) is 0.286. The standard InChI is InChI=1S/C21H22ClNO2/c1-2-13-23(14-7-12-22)21(24)25-15-20-18-10-5-3-8-16(18)17-9-4-6-11-19(17)20/h2-6,8-11,20H,1,7,12-15H2. The molecule has 2 aromatic rings. The molecule has 0 heterocycles. The van der Waals surface area contributed by atoms with Crippen molar-refractivity contribution >= 4 is 17.7 Å². The number of halogens is 1. The number of nitrogens with zero attached hydrogens (tertiary/aromatic N) is 1. The first kappa shape index (κ1) is 17.6. The molecule has 0 unspecified atom stereocenters. The monoisotopic (exact) mass is 355 g/mol. The van der Waals surface area contributed by atoms with E-state index in [2.05, 4.69) is 30.8 Å². The Bertz CT molecular complexity index is 714. The minimum absolute atomic E-state index is 0.0787. The van der Waals surface area contributed by atoms with Crippen LogP contribution in [0.15, 0.2) is 61.2 Å². The maximum atomic E-state index is 12.4. The molecule has 0 N–H and O–H groups in total. The third-order valence-corrected chi connectivity index (χ3v) is 4.77. The Morgan fingerprint density at radius 1 is 1.12 bits per heavy atom. The van der Waals surface area contributed by atoms with E-state index in [9.17, 15) is 4.79 Å². The van der Waals surface area contributed by atoms with Crippen molar-refractivity contribution < 1.29 is 9.53 Å². The van der Waals surface area contributed by atoms with Gasteiger partial charge in [0, 0.05) is 24.9 Å². The first-order chi connectivity index (χ1) is 12.3. The lowest BCUT2D eigenvalue weighted by Gasteiger charge is -2.22. The van der Waals surface area contributed by atoms with E-state index in [0.717, 1.165) is 6.42 Å². The number of carbonyl (C=O) groups is 1. The summed E-state index contributed by atoms with van der Waals surface area (Å²) < 4.78 is 5.65. The van der Waals surface area contributed by atoms with Gasteiger partial charge in [-0.15, -0.1) is 18.2 Å². The minimum Gasteiger partial charge on any atom is -0.448 e. The van der Waals surface area contributed by atoms with Crippen molar-refractivity contribution in [1.82, 2.24) is 4.90 Å². The van der Waals surface area contributed by atoms with Gasteiger partial charge in [0.2, 0.25) is 0 Å². The average molecular weight is 356 g/mol. The predicted octanol–water partition coefficient (Wildman–Crippen LogP) is 5.05. The van der Waals surface area contributed by atoms with Crippen LogP contribution in [0.1, 0.15) is 23.5 Å². The van der Waals surface area contributed by atoms with Gasteiger partial charge in [-0.2, -0.15) is 0 Å². The van der Waals surface area contributed by atoms with Gasteiger partial charge in [-0.05, 0) is 28.7 Å². The molecule has 25 heavy (non-hydrogen) atoms. The van der Waals surface area contributed by atoms with Crippen LogP contribution in [0.25, 0.3) is 11.1 Å². The Kier molecular flexibility index (Phi) is 5.77. The Balaban J connectivity index is 1.74. The van der Waals surface area contributed by atoms with Crippen molar-refractivity contribution in [1.29, 1.82) is 0 Å². The highest BCUT2D eigenvalue weighted by molar-refractivity contribution is 6.17. The molecule has 0 spiro atoms. The number of benzene rings is 2. The normalized spacial score (nSPS) is 12.4. The Morgan fingerprint density at radius 2 is 1.72 bits per heavy atom. The lowest BCUT2D eigenvalue weighted by molar-refractivity contribution is 0.104. The summed E-state index contributed by atoms with van der Waals surface area (Å²) in [5, 5.41) is 0. The molecule has 0 saturated carbocycles. The van der Waals surface area contributed by atoms with Gasteiger partial charge in [0.15, 0.2) is 0 Å². The summed E-state index contributed by atoms with van der Waals surface area (Å²) in [5.41, 5.74) is 4.88. The topological polar surface area (TPSA) is 29.5 Å². The lowest BCUT2D eigenvalue weighted by Crippen LogP contribution is -2.33. The van der Waals surface area contributed by atoms with Gasteiger partial charge < -0.3 is 9.64 Å². The van der Waals surface area contributed by atoms with Crippen molar-refractivity contribution in [3.63, 3.8) is 0 Å². The minimum atomic E-state index is -0.313. The molecule has 3 nitrogen and oxygen atoms in total. The van der Waals surface area contributed by atoms with Crippen molar-refractivity contribution in [3.8, 4) is 11.1 Å². The zero-order chi connectivity index (χ0) is 17.6. The molecule has 0 aromatic heterocycles. The van der Waals surface area contributed by atoms with Crippen LogP contribution in [-0.4, -0.2) is 36.6 Å². The van der Waals surface area contributed by atoms with Gasteiger partial charge in [0.25, 0.3) is 0 Å². The highest BCUT2D eigenvalue weighted by Crippen LogP contribution is 2.44. The smallest absolute Gasteiger partial charge is 0.410 e. The molecular formula is C21H22ClNO2. The van der Waals surface area contributed by atoms with Gasteiger partial charge in [0.05, 0.1) is 0 Å². The van der Waals surface area contributed by atoms with Crippen LogP contribution in [0.5, 0.6) is 0 Å². The number of amides is 1. The van der Waals surface area contributed by atoms with Crippen molar-refractivity contribution in [2.45, 2.75) is 12.3 Å². The van der Waals surface area contributed by atoms with Crippen LogP contribution < -0.4 is 0 Å². The molecular weight excluding hydrogens is 334 g/mol. The molecule has 0 radical (unpaired) electrons.